The number of benzene rings is 2. The number of azo groups is 1. The summed E-state index contributed by atoms with van der Waals surface area (Å²) in [5.41, 5.74) is 8.29. The third-order valence-corrected chi connectivity index (χ3v) is 7.26. The van der Waals surface area contributed by atoms with Gasteiger partial charge in [0.2, 0.25) is 11.8 Å². The SMILES string of the molecule is CCC(C)(C)c1ccc(/N=N/c2ccc(NC(=O)C3C(C(=O)O)CC(C(N)=O)C3CC(=O)O)cc2)cc1. The van der Waals surface area contributed by atoms with Crippen molar-refractivity contribution in [3.8, 4) is 0 Å². The van der Waals surface area contributed by atoms with Gasteiger partial charge in [0.25, 0.3) is 0 Å². The van der Waals surface area contributed by atoms with Crippen LogP contribution in [0.3, 0.4) is 0 Å². The van der Waals surface area contributed by atoms with Gasteiger partial charge in [-0.3, -0.25) is 19.2 Å². The Morgan fingerprint density at radius 2 is 1.49 bits per heavy atom. The van der Waals surface area contributed by atoms with Gasteiger partial charge in [-0.1, -0.05) is 32.9 Å². The van der Waals surface area contributed by atoms with E-state index in [2.05, 4.69) is 36.3 Å². The predicted octanol–water partition coefficient (Wildman–Crippen LogP) is 4.64. The number of nitrogens with two attached hydrogens (primary N) is 1. The van der Waals surface area contributed by atoms with Crippen molar-refractivity contribution in [3.63, 3.8) is 0 Å². The van der Waals surface area contributed by atoms with Crippen LogP contribution in [-0.2, 0) is 24.6 Å². The summed E-state index contributed by atoms with van der Waals surface area (Å²) in [6, 6.07) is 14.3. The molecule has 2 aromatic rings. The van der Waals surface area contributed by atoms with E-state index in [0.29, 0.717) is 17.1 Å². The van der Waals surface area contributed by atoms with E-state index in [-0.39, 0.29) is 11.8 Å². The molecule has 2 amide bonds. The molecule has 196 valence electrons. The molecular formula is C27H32N4O6. The van der Waals surface area contributed by atoms with E-state index in [0.717, 1.165) is 6.42 Å². The van der Waals surface area contributed by atoms with Crippen molar-refractivity contribution in [2.24, 2.45) is 39.6 Å². The highest BCUT2D eigenvalue weighted by molar-refractivity contribution is 5.97. The van der Waals surface area contributed by atoms with Gasteiger partial charge in [-0.2, -0.15) is 10.2 Å². The zero-order valence-corrected chi connectivity index (χ0v) is 21.0. The molecule has 0 heterocycles. The maximum absolute atomic E-state index is 13.0. The van der Waals surface area contributed by atoms with Crippen LogP contribution in [0.5, 0.6) is 0 Å². The number of carboxylic acid groups (broad SMARTS) is 2. The number of anilines is 1. The topological polar surface area (TPSA) is 172 Å². The van der Waals surface area contributed by atoms with E-state index < -0.39 is 53.8 Å². The number of carboxylic acids is 2. The van der Waals surface area contributed by atoms with Crippen LogP contribution < -0.4 is 11.1 Å². The summed E-state index contributed by atoms with van der Waals surface area (Å²) < 4.78 is 0. The van der Waals surface area contributed by atoms with Crippen molar-refractivity contribution >= 4 is 40.8 Å². The Morgan fingerprint density at radius 3 is 1.95 bits per heavy atom. The predicted molar refractivity (Wildman–Crippen MR) is 137 cm³/mol. The molecule has 10 heteroatoms. The molecule has 0 bridgehead atoms. The maximum Gasteiger partial charge on any atom is 0.307 e. The first-order valence-electron chi connectivity index (χ1n) is 12.1. The molecule has 1 aliphatic rings. The Bertz CT molecular complexity index is 1190. The lowest BCUT2D eigenvalue weighted by Crippen LogP contribution is -2.37. The lowest BCUT2D eigenvalue weighted by Gasteiger charge is -2.23. The lowest BCUT2D eigenvalue weighted by molar-refractivity contribution is -0.147. The zero-order chi connectivity index (χ0) is 27.3. The number of nitrogens with one attached hydrogen (secondary N) is 1. The van der Waals surface area contributed by atoms with Gasteiger partial charge in [0.1, 0.15) is 0 Å². The number of carbonyl (C=O) groups excluding carboxylic acids is 2. The van der Waals surface area contributed by atoms with Gasteiger partial charge in [0.15, 0.2) is 0 Å². The molecule has 0 aromatic heterocycles. The lowest BCUT2D eigenvalue weighted by atomic mass is 9.82. The molecule has 0 saturated heterocycles. The van der Waals surface area contributed by atoms with E-state index in [1.807, 2.05) is 24.3 Å². The standard InChI is InChI=1S/C27H32N4O6/c1-4-27(2,3)15-5-7-17(8-6-15)30-31-18-11-9-16(10-12-18)29-25(35)23-19(14-22(32)33)20(24(28)34)13-21(23)26(36)37/h5-12,19-21,23H,4,13-14H2,1-3H3,(H2,28,34)(H,29,35)(H,32,33)(H,36,37)/b31-30+. The summed E-state index contributed by atoms with van der Waals surface area (Å²) >= 11 is 0. The second-order valence-electron chi connectivity index (χ2n) is 10.00. The molecule has 0 aliphatic heterocycles. The molecule has 4 atom stereocenters. The highest BCUT2D eigenvalue weighted by Gasteiger charge is 2.52. The van der Waals surface area contributed by atoms with Gasteiger partial charge >= 0.3 is 11.9 Å². The second kappa shape index (κ2) is 11.3. The highest BCUT2D eigenvalue weighted by Crippen LogP contribution is 2.44. The van der Waals surface area contributed by atoms with E-state index in [4.69, 9.17) is 5.73 Å². The Labute approximate surface area is 215 Å². The fourth-order valence-corrected chi connectivity index (χ4v) is 4.71. The molecule has 0 spiro atoms. The minimum Gasteiger partial charge on any atom is -0.481 e. The van der Waals surface area contributed by atoms with Gasteiger partial charge in [0, 0.05) is 18.0 Å². The summed E-state index contributed by atoms with van der Waals surface area (Å²) in [6.45, 7) is 6.51. The fourth-order valence-electron chi connectivity index (χ4n) is 4.71. The Kier molecular flexibility index (Phi) is 8.42. The highest BCUT2D eigenvalue weighted by atomic mass is 16.4. The summed E-state index contributed by atoms with van der Waals surface area (Å²) in [7, 11) is 0. The third-order valence-electron chi connectivity index (χ3n) is 7.26. The quantitative estimate of drug-likeness (QED) is 0.340. The molecule has 5 N–H and O–H groups in total. The molecule has 0 radical (unpaired) electrons. The first-order chi connectivity index (χ1) is 17.4. The molecular weight excluding hydrogens is 476 g/mol. The minimum absolute atomic E-state index is 0.0767. The van der Waals surface area contributed by atoms with Gasteiger partial charge in [0.05, 0.1) is 23.2 Å². The number of hydrogen-bond donors (Lipinski definition) is 4. The summed E-state index contributed by atoms with van der Waals surface area (Å²) in [6.07, 6.45) is 0.295. The van der Waals surface area contributed by atoms with Crippen molar-refractivity contribution in [1.82, 2.24) is 0 Å². The summed E-state index contributed by atoms with van der Waals surface area (Å²) in [4.78, 5) is 48.0. The summed E-state index contributed by atoms with van der Waals surface area (Å²) in [5, 5.41) is 30.0. The van der Waals surface area contributed by atoms with Crippen molar-refractivity contribution in [3.05, 3.63) is 54.1 Å². The number of rotatable bonds is 10. The molecule has 1 saturated carbocycles. The smallest absolute Gasteiger partial charge is 0.307 e. The van der Waals surface area contributed by atoms with Crippen molar-refractivity contribution in [2.45, 2.75) is 45.4 Å². The second-order valence-corrected chi connectivity index (χ2v) is 10.00. The van der Waals surface area contributed by atoms with Crippen LogP contribution in [0.1, 0.15) is 45.6 Å². The first kappa shape index (κ1) is 27.5. The van der Waals surface area contributed by atoms with Crippen LogP contribution in [-0.4, -0.2) is 34.0 Å². The Morgan fingerprint density at radius 1 is 0.946 bits per heavy atom. The zero-order valence-electron chi connectivity index (χ0n) is 21.0. The summed E-state index contributed by atoms with van der Waals surface area (Å²) in [5.74, 6) is -8.47. The third kappa shape index (κ3) is 6.58. The van der Waals surface area contributed by atoms with E-state index in [1.54, 1.807) is 24.3 Å². The largest absolute Gasteiger partial charge is 0.481 e. The molecule has 1 fully saturated rings. The number of nitrogens with zero attached hydrogens (tertiary/aromatic N) is 2. The van der Waals surface area contributed by atoms with Gasteiger partial charge in [-0.15, -0.1) is 0 Å². The van der Waals surface area contributed by atoms with E-state index in [9.17, 15) is 29.4 Å². The molecule has 37 heavy (non-hydrogen) atoms. The van der Waals surface area contributed by atoms with Crippen LogP contribution >= 0.6 is 0 Å². The molecule has 3 rings (SSSR count). The van der Waals surface area contributed by atoms with Crippen molar-refractivity contribution in [2.75, 3.05) is 5.32 Å². The molecule has 10 nitrogen and oxygen atoms in total. The number of hydrogen-bond acceptors (Lipinski definition) is 6. The number of primary amides is 1. The fraction of sp³-hybridized carbons (Fsp3) is 0.407. The molecule has 1 aliphatic carbocycles. The van der Waals surface area contributed by atoms with Gasteiger partial charge < -0.3 is 21.3 Å². The van der Waals surface area contributed by atoms with Crippen molar-refractivity contribution < 1.29 is 29.4 Å². The maximum atomic E-state index is 13.0. The van der Waals surface area contributed by atoms with E-state index >= 15 is 0 Å². The number of carbonyl (C=O) groups is 4. The first-order valence-corrected chi connectivity index (χ1v) is 12.1. The van der Waals surface area contributed by atoms with Crippen LogP contribution in [0.25, 0.3) is 0 Å². The normalized spacial score (nSPS) is 21.6. The monoisotopic (exact) mass is 508 g/mol. The Balaban J connectivity index is 1.71. The minimum atomic E-state index is -1.28. The Hall–Kier alpha value is -4.08. The molecule has 4 unspecified atom stereocenters. The molecule has 2 aromatic carbocycles. The van der Waals surface area contributed by atoms with Gasteiger partial charge in [-0.25, -0.2) is 0 Å². The van der Waals surface area contributed by atoms with Crippen LogP contribution in [0.2, 0.25) is 0 Å². The number of amides is 2. The number of aliphatic carboxylic acids is 2. The van der Waals surface area contributed by atoms with E-state index in [1.165, 1.54) is 5.56 Å². The van der Waals surface area contributed by atoms with Crippen LogP contribution in [0, 0.1) is 23.7 Å². The average molecular weight is 509 g/mol. The van der Waals surface area contributed by atoms with Crippen molar-refractivity contribution in [1.29, 1.82) is 0 Å². The van der Waals surface area contributed by atoms with Crippen LogP contribution in [0.4, 0.5) is 17.1 Å². The van der Waals surface area contributed by atoms with Gasteiger partial charge in [-0.05, 0) is 66.1 Å². The average Bonchev–Trinajstić information content (AvgIpc) is 3.23. The van der Waals surface area contributed by atoms with Crippen LogP contribution in [0.15, 0.2) is 58.8 Å².